The van der Waals surface area contributed by atoms with Gasteiger partial charge in [-0.05, 0) is 25.2 Å². The molecule has 0 saturated heterocycles. The molecule has 0 N–H and O–H groups in total. The Hall–Kier alpha value is -0.860. The molecule has 80 valence electrons. The highest BCUT2D eigenvalue weighted by Gasteiger charge is 2.17. The van der Waals surface area contributed by atoms with Crippen LogP contribution in [0.2, 0.25) is 0 Å². The van der Waals surface area contributed by atoms with Crippen molar-refractivity contribution in [3.8, 4) is 0 Å². The summed E-state index contributed by atoms with van der Waals surface area (Å²) in [5, 5.41) is 8.41. The van der Waals surface area contributed by atoms with Gasteiger partial charge in [0.1, 0.15) is 0 Å². The van der Waals surface area contributed by atoms with Crippen LogP contribution >= 0.6 is 0 Å². The van der Waals surface area contributed by atoms with Gasteiger partial charge in [0.2, 0.25) is 0 Å². The minimum absolute atomic E-state index is 0.290. The van der Waals surface area contributed by atoms with Gasteiger partial charge in [-0.2, -0.15) is 0 Å². The number of hydrogen-bond acceptors (Lipinski definition) is 2. The Labute approximate surface area is 86.5 Å². The summed E-state index contributed by atoms with van der Waals surface area (Å²) in [6, 6.07) is 0. The van der Waals surface area contributed by atoms with Crippen molar-refractivity contribution in [2.45, 2.75) is 54.0 Å². The van der Waals surface area contributed by atoms with E-state index in [0.29, 0.717) is 5.41 Å². The van der Waals surface area contributed by atoms with E-state index < -0.39 is 0 Å². The smallest absolute Gasteiger partial charge is 0.0864 e. The molecule has 0 atom stereocenters. The van der Waals surface area contributed by atoms with Crippen LogP contribution < -0.4 is 0 Å². The van der Waals surface area contributed by atoms with Crippen molar-refractivity contribution >= 4 is 0 Å². The number of hydrogen-bond donors (Lipinski definition) is 0. The monoisotopic (exact) mass is 195 g/mol. The maximum Gasteiger partial charge on any atom is 0.0864 e. The molecule has 0 radical (unpaired) electrons. The molecule has 1 heterocycles. The fraction of sp³-hybridized carbons (Fsp3) is 0.818. The lowest BCUT2D eigenvalue weighted by molar-refractivity contribution is 0.404. The Balaban J connectivity index is 2.92. The van der Waals surface area contributed by atoms with Gasteiger partial charge in [-0.25, -0.2) is 4.68 Å². The lowest BCUT2D eigenvalue weighted by atomic mass is 9.90. The lowest BCUT2D eigenvalue weighted by Gasteiger charge is -2.16. The van der Waals surface area contributed by atoms with E-state index in [1.165, 1.54) is 11.4 Å². The van der Waals surface area contributed by atoms with E-state index in [2.05, 4.69) is 44.9 Å². The molecule has 0 fully saturated rings. The zero-order valence-electron chi connectivity index (χ0n) is 9.96. The second-order valence-electron chi connectivity index (χ2n) is 4.89. The maximum absolute atomic E-state index is 4.26. The molecule has 0 bridgehead atoms. The van der Waals surface area contributed by atoms with Gasteiger partial charge in [0, 0.05) is 6.54 Å². The van der Waals surface area contributed by atoms with E-state index >= 15 is 0 Å². The van der Waals surface area contributed by atoms with Crippen LogP contribution in [0.5, 0.6) is 0 Å². The highest BCUT2D eigenvalue weighted by atomic mass is 15.4. The highest BCUT2D eigenvalue weighted by Crippen LogP contribution is 2.21. The zero-order chi connectivity index (χ0) is 10.8. The number of rotatable bonds is 3. The van der Waals surface area contributed by atoms with Gasteiger partial charge >= 0.3 is 0 Å². The molecular formula is C11H21N3. The molecule has 1 rings (SSSR count). The number of nitrogens with zero attached hydrogens (tertiary/aromatic N) is 3. The van der Waals surface area contributed by atoms with Crippen LogP contribution in [0.15, 0.2) is 0 Å². The number of aryl methyl sites for hydroxylation is 1. The first kappa shape index (κ1) is 11.2. The average molecular weight is 195 g/mol. The van der Waals surface area contributed by atoms with Crippen molar-refractivity contribution in [1.82, 2.24) is 15.0 Å². The summed E-state index contributed by atoms with van der Waals surface area (Å²) >= 11 is 0. The van der Waals surface area contributed by atoms with E-state index in [-0.39, 0.29) is 0 Å². The third-order valence-corrected chi connectivity index (χ3v) is 2.25. The first-order chi connectivity index (χ1) is 6.48. The Morgan fingerprint density at radius 1 is 1.21 bits per heavy atom. The predicted octanol–water partition coefficient (Wildman–Crippen LogP) is 2.45. The first-order valence-electron chi connectivity index (χ1n) is 5.39. The molecule has 3 heteroatoms. The summed E-state index contributed by atoms with van der Waals surface area (Å²) in [5.74, 6) is 0. The summed E-state index contributed by atoms with van der Waals surface area (Å²) in [7, 11) is 0. The third-order valence-electron chi connectivity index (χ3n) is 2.25. The lowest BCUT2D eigenvalue weighted by Crippen LogP contribution is -2.12. The fourth-order valence-electron chi connectivity index (χ4n) is 1.65. The van der Waals surface area contributed by atoms with E-state index in [0.717, 1.165) is 19.4 Å². The van der Waals surface area contributed by atoms with E-state index in [4.69, 9.17) is 0 Å². The topological polar surface area (TPSA) is 30.7 Å². The molecule has 0 amide bonds. The summed E-state index contributed by atoms with van der Waals surface area (Å²) in [4.78, 5) is 0. The van der Waals surface area contributed by atoms with Crippen LogP contribution in [0.25, 0.3) is 0 Å². The Morgan fingerprint density at radius 3 is 2.29 bits per heavy atom. The van der Waals surface area contributed by atoms with Crippen LogP contribution in [0.1, 0.15) is 46.0 Å². The van der Waals surface area contributed by atoms with Crippen LogP contribution in [0.4, 0.5) is 0 Å². The summed E-state index contributed by atoms with van der Waals surface area (Å²) in [5.41, 5.74) is 2.75. The fourth-order valence-corrected chi connectivity index (χ4v) is 1.65. The largest absolute Gasteiger partial charge is 0.249 e. The molecule has 0 unspecified atom stereocenters. The second-order valence-corrected chi connectivity index (χ2v) is 4.89. The van der Waals surface area contributed by atoms with Gasteiger partial charge in [-0.1, -0.05) is 32.9 Å². The normalized spacial score (nSPS) is 12.1. The Bertz CT molecular complexity index is 294. The van der Waals surface area contributed by atoms with Gasteiger partial charge in [-0.3, -0.25) is 0 Å². The van der Waals surface area contributed by atoms with Crippen molar-refractivity contribution in [2.24, 2.45) is 5.41 Å². The van der Waals surface area contributed by atoms with Gasteiger partial charge < -0.3 is 0 Å². The molecule has 1 aromatic rings. The van der Waals surface area contributed by atoms with E-state index in [1.807, 2.05) is 4.68 Å². The average Bonchev–Trinajstić information content (AvgIpc) is 2.43. The van der Waals surface area contributed by atoms with Crippen LogP contribution in [-0.4, -0.2) is 15.0 Å². The van der Waals surface area contributed by atoms with Crippen molar-refractivity contribution in [3.63, 3.8) is 0 Å². The van der Waals surface area contributed by atoms with Crippen molar-refractivity contribution < 1.29 is 0 Å². The molecule has 3 nitrogen and oxygen atoms in total. The predicted molar refractivity (Wildman–Crippen MR) is 58.2 cm³/mol. The van der Waals surface area contributed by atoms with Gasteiger partial charge in [0.05, 0.1) is 11.4 Å². The van der Waals surface area contributed by atoms with Gasteiger partial charge in [0.15, 0.2) is 0 Å². The Morgan fingerprint density at radius 2 is 1.86 bits per heavy atom. The molecule has 1 aromatic heterocycles. The van der Waals surface area contributed by atoms with Crippen molar-refractivity contribution in [3.05, 3.63) is 11.4 Å². The highest BCUT2D eigenvalue weighted by molar-refractivity contribution is 5.11. The zero-order valence-corrected chi connectivity index (χ0v) is 9.96. The number of aromatic nitrogens is 3. The van der Waals surface area contributed by atoms with Crippen LogP contribution in [-0.2, 0) is 19.4 Å². The van der Waals surface area contributed by atoms with E-state index in [1.54, 1.807) is 0 Å². The standard InChI is InChI=1S/C11H21N3/c1-6-10-9(8-11(3,4)5)12-13-14(10)7-2/h6-8H2,1-5H3. The molecule has 0 aromatic carbocycles. The van der Waals surface area contributed by atoms with Crippen molar-refractivity contribution in [1.29, 1.82) is 0 Å². The SMILES string of the molecule is CCc1c(CC(C)(C)C)nnn1CC. The molecule has 0 aliphatic heterocycles. The van der Waals surface area contributed by atoms with Crippen molar-refractivity contribution in [2.75, 3.05) is 0 Å². The minimum Gasteiger partial charge on any atom is -0.249 e. The molecule has 0 saturated carbocycles. The van der Waals surface area contributed by atoms with Crippen LogP contribution in [0.3, 0.4) is 0 Å². The quantitative estimate of drug-likeness (QED) is 0.741. The summed E-state index contributed by atoms with van der Waals surface area (Å²) < 4.78 is 2.00. The molecular weight excluding hydrogens is 174 g/mol. The molecule has 14 heavy (non-hydrogen) atoms. The summed E-state index contributed by atoms with van der Waals surface area (Å²) in [6.45, 7) is 11.9. The van der Waals surface area contributed by atoms with Crippen LogP contribution in [0, 0.1) is 5.41 Å². The van der Waals surface area contributed by atoms with Gasteiger partial charge in [0.25, 0.3) is 0 Å². The molecule has 0 spiro atoms. The Kier molecular flexibility index (Phi) is 3.29. The molecule has 0 aliphatic rings. The van der Waals surface area contributed by atoms with Gasteiger partial charge in [-0.15, -0.1) is 5.10 Å². The first-order valence-corrected chi connectivity index (χ1v) is 5.39. The third kappa shape index (κ3) is 2.56. The summed E-state index contributed by atoms with van der Waals surface area (Å²) in [6.07, 6.45) is 2.03. The minimum atomic E-state index is 0.290. The van der Waals surface area contributed by atoms with E-state index in [9.17, 15) is 0 Å². The second kappa shape index (κ2) is 4.11. The maximum atomic E-state index is 4.26. The molecule has 0 aliphatic carbocycles.